The van der Waals surface area contributed by atoms with Crippen LogP contribution in [0.4, 0.5) is 0 Å². The molecule has 5 nitrogen and oxygen atoms in total. The van der Waals surface area contributed by atoms with Gasteiger partial charge in [0.2, 0.25) is 0 Å². The highest BCUT2D eigenvalue weighted by atomic mass is 16.5. The Kier molecular flexibility index (Phi) is 9.17. The van der Waals surface area contributed by atoms with Gasteiger partial charge in [-0.25, -0.2) is 14.6 Å². The maximum absolute atomic E-state index is 12.3. The molecule has 0 N–H and O–H groups in total. The monoisotopic (exact) mass is 349 g/mol. The Labute approximate surface area is 151 Å². The van der Waals surface area contributed by atoms with Gasteiger partial charge in [-0.15, -0.1) is 0 Å². The molecule has 1 heterocycles. The Hall–Kier alpha value is -1.91. The molecule has 2 unspecified atom stereocenters. The molecule has 0 amide bonds. The summed E-state index contributed by atoms with van der Waals surface area (Å²) < 4.78 is 10.8. The highest BCUT2D eigenvalue weighted by Crippen LogP contribution is 2.15. The van der Waals surface area contributed by atoms with Crippen LogP contribution < -0.4 is 0 Å². The molecule has 0 aliphatic rings. The molecule has 2 atom stereocenters. The fourth-order valence-corrected chi connectivity index (χ4v) is 2.54. The smallest absolute Gasteiger partial charge is 0.357 e. The number of aromatic nitrogens is 1. The molecule has 25 heavy (non-hydrogen) atoms. The molecule has 0 aliphatic heterocycles. The zero-order valence-electron chi connectivity index (χ0n) is 16.1. The van der Waals surface area contributed by atoms with Gasteiger partial charge in [-0.2, -0.15) is 0 Å². The molecule has 0 aliphatic carbocycles. The minimum atomic E-state index is -0.508. The van der Waals surface area contributed by atoms with Crippen molar-refractivity contribution in [1.82, 2.24) is 4.98 Å². The highest BCUT2D eigenvalue weighted by Gasteiger charge is 2.21. The summed E-state index contributed by atoms with van der Waals surface area (Å²) in [5.74, 6) is -0.465. The highest BCUT2D eigenvalue weighted by molar-refractivity contribution is 5.91. The lowest BCUT2D eigenvalue weighted by Crippen LogP contribution is -2.24. The first-order valence-corrected chi connectivity index (χ1v) is 9.24. The van der Waals surface area contributed by atoms with E-state index in [1.54, 1.807) is 18.2 Å². The van der Waals surface area contributed by atoms with Crippen LogP contribution in [0.25, 0.3) is 0 Å². The van der Waals surface area contributed by atoms with Crippen LogP contribution in [0.15, 0.2) is 18.2 Å². The first kappa shape index (κ1) is 21.1. The summed E-state index contributed by atoms with van der Waals surface area (Å²) in [7, 11) is 0. The Balaban J connectivity index is 2.72. The maximum atomic E-state index is 12.3. The number of hydrogen-bond donors (Lipinski definition) is 0. The van der Waals surface area contributed by atoms with Gasteiger partial charge in [-0.05, 0) is 36.8 Å². The van der Waals surface area contributed by atoms with Crippen molar-refractivity contribution in [1.29, 1.82) is 0 Å². The van der Waals surface area contributed by atoms with Crippen LogP contribution in [0.5, 0.6) is 0 Å². The third kappa shape index (κ3) is 7.24. The van der Waals surface area contributed by atoms with Crippen LogP contribution in [0.1, 0.15) is 81.3 Å². The standard InChI is InChI=1S/C20H31NO4/c1-6-9-15(5)13-24-19(22)16-11-8-12-17(21-16)20(23)25-18(10-7-2)14(3)4/h8,11-12,14-15,18H,6-7,9-10,13H2,1-5H3. The van der Waals surface area contributed by atoms with Crippen LogP contribution in [0.3, 0.4) is 0 Å². The van der Waals surface area contributed by atoms with E-state index in [9.17, 15) is 9.59 Å². The van der Waals surface area contributed by atoms with Crippen molar-refractivity contribution in [2.45, 2.75) is 66.4 Å². The zero-order chi connectivity index (χ0) is 18.8. The second kappa shape index (κ2) is 10.9. The molecule has 1 aromatic rings. The lowest BCUT2D eigenvalue weighted by atomic mass is 10.0. The van der Waals surface area contributed by atoms with Crippen molar-refractivity contribution in [3.63, 3.8) is 0 Å². The molecule has 1 rings (SSSR count). The van der Waals surface area contributed by atoms with Crippen LogP contribution in [-0.2, 0) is 9.47 Å². The van der Waals surface area contributed by atoms with Gasteiger partial charge in [-0.3, -0.25) is 0 Å². The predicted octanol–water partition coefficient (Wildman–Crippen LogP) is 4.66. The van der Waals surface area contributed by atoms with Crippen LogP contribution in [-0.4, -0.2) is 29.6 Å². The van der Waals surface area contributed by atoms with E-state index in [4.69, 9.17) is 9.47 Å². The van der Waals surface area contributed by atoms with E-state index in [1.165, 1.54) is 0 Å². The SMILES string of the molecule is CCCC(C)COC(=O)c1cccc(C(=O)OC(CCC)C(C)C)n1. The molecule has 0 saturated carbocycles. The van der Waals surface area contributed by atoms with Gasteiger partial charge in [0, 0.05) is 0 Å². The molecule has 0 radical (unpaired) electrons. The molecule has 0 aromatic carbocycles. The van der Waals surface area contributed by atoms with E-state index in [1.807, 2.05) is 20.8 Å². The molecule has 0 fully saturated rings. The van der Waals surface area contributed by atoms with Gasteiger partial charge in [0.25, 0.3) is 0 Å². The topological polar surface area (TPSA) is 65.5 Å². The van der Waals surface area contributed by atoms with Gasteiger partial charge in [0.1, 0.15) is 17.5 Å². The molecular weight excluding hydrogens is 318 g/mol. The minimum Gasteiger partial charge on any atom is -0.461 e. The Bertz CT molecular complexity index is 556. The van der Waals surface area contributed by atoms with Crippen molar-refractivity contribution < 1.29 is 19.1 Å². The van der Waals surface area contributed by atoms with E-state index >= 15 is 0 Å². The van der Waals surface area contributed by atoms with Gasteiger partial charge in [-0.1, -0.05) is 53.5 Å². The van der Waals surface area contributed by atoms with Gasteiger partial charge >= 0.3 is 11.9 Å². The number of nitrogens with zero attached hydrogens (tertiary/aromatic N) is 1. The summed E-state index contributed by atoms with van der Waals surface area (Å²) in [5, 5.41) is 0. The molecule has 140 valence electrons. The molecule has 5 heteroatoms. The van der Waals surface area contributed by atoms with Gasteiger partial charge in [0.05, 0.1) is 6.61 Å². The van der Waals surface area contributed by atoms with Crippen LogP contribution >= 0.6 is 0 Å². The first-order valence-electron chi connectivity index (χ1n) is 9.24. The lowest BCUT2D eigenvalue weighted by Gasteiger charge is -2.20. The largest absolute Gasteiger partial charge is 0.461 e. The lowest BCUT2D eigenvalue weighted by molar-refractivity contribution is 0.0150. The number of carbonyl (C=O) groups is 2. The van der Waals surface area contributed by atoms with Crippen molar-refractivity contribution in [3.05, 3.63) is 29.6 Å². The average Bonchev–Trinajstić information content (AvgIpc) is 2.59. The predicted molar refractivity (Wildman–Crippen MR) is 97.5 cm³/mol. The Morgan fingerprint density at radius 2 is 1.60 bits per heavy atom. The second-order valence-electron chi connectivity index (χ2n) is 6.88. The third-order valence-corrected chi connectivity index (χ3v) is 4.02. The Morgan fingerprint density at radius 3 is 2.16 bits per heavy atom. The summed E-state index contributed by atoms with van der Waals surface area (Å²) in [6, 6.07) is 4.73. The molecule has 0 spiro atoms. The fraction of sp³-hybridized carbons (Fsp3) is 0.650. The summed E-state index contributed by atoms with van der Waals surface area (Å²) >= 11 is 0. The summed E-state index contributed by atoms with van der Waals surface area (Å²) in [5.41, 5.74) is 0.271. The minimum absolute atomic E-state index is 0.134. The van der Waals surface area contributed by atoms with E-state index in [2.05, 4.69) is 18.8 Å². The van der Waals surface area contributed by atoms with Crippen molar-refractivity contribution in [3.8, 4) is 0 Å². The van der Waals surface area contributed by atoms with E-state index in [0.717, 1.165) is 25.7 Å². The quantitative estimate of drug-likeness (QED) is 0.575. The van der Waals surface area contributed by atoms with E-state index in [-0.39, 0.29) is 23.4 Å². The molecule has 0 saturated heterocycles. The Morgan fingerprint density at radius 1 is 1.00 bits per heavy atom. The van der Waals surface area contributed by atoms with E-state index < -0.39 is 11.9 Å². The molecular formula is C20H31NO4. The number of ether oxygens (including phenoxy) is 2. The zero-order valence-corrected chi connectivity index (χ0v) is 16.1. The van der Waals surface area contributed by atoms with Gasteiger partial charge < -0.3 is 9.47 Å². The first-order chi connectivity index (χ1) is 11.9. The van der Waals surface area contributed by atoms with Crippen molar-refractivity contribution in [2.75, 3.05) is 6.61 Å². The van der Waals surface area contributed by atoms with Crippen LogP contribution in [0, 0.1) is 11.8 Å². The second-order valence-corrected chi connectivity index (χ2v) is 6.88. The average molecular weight is 349 g/mol. The van der Waals surface area contributed by atoms with E-state index in [0.29, 0.717) is 12.5 Å². The third-order valence-electron chi connectivity index (χ3n) is 4.02. The maximum Gasteiger partial charge on any atom is 0.357 e. The molecule has 0 bridgehead atoms. The number of rotatable bonds is 10. The molecule has 1 aromatic heterocycles. The number of carbonyl (C=O) groups excluding carboxylic acids is 2. The van der Waals surface area contributed by atoms with Crippen LogP contribution in [0.2, 0.25) is 0 Å². The van der Waals surface area contributed by atoms with Gasteiger partial charge in [0.15, 0.2) is 0 Å². The summed E-state index contributed by atoms with van der Waals surface area (Å²) in [6.07, 6.45) is 3.64. The summed E-state index contributed by atoms with van der Waals surface area (Å²) in [4.78, 5) is 28.6. The number of pyridine rings is 1. The van der Waals surface area contributed by atoms with Crippen molar-refractivity contribution >= 4 is 11.9 Å². The number of hydrogen-bond acceptors (Lipinski definition) is 5. The number of esters is 2. The normalized spacial score (nSPS) is 13.4. The van der Waals surface area contributed by atoms with Crippen molar-refractivity contribution in [2.24, 2.45) is 11.8 Å². The fourth-order valence-electron chi connectivity index (χ4n) is 2.54. The summed E-state index contributed by atoms with van der Waals surface area (Å²) in [6.45, 7) is 10.6.